The molecule has 0 radical (unpaired) electrons. The fourth-order valence-electron chi connectivity index (χ4n) is 4.46. The molecule has 0 aliphatic carbocycles. The average molecular weight is 484 g/mol. The number of nitrogens with zero attached hydrogens (tertiary/aromatic N) is 3. The number of morpholine rings is 1. The lowest BCUT2D eigenvalue weighted by atomic mass is 9.95. The molecule has 0 spiro atoms. The van der Waals surface area contributed by atoms with Gasteiger partial charge in [0.2, 0.25) is 0 Å². The molecule has 4 rings (SSSR count). The largest absolute Gasteiger partial charge is 0.507 e. The van der Waals surface area contributed by atoms with E-state index >= 15 is 0 Å². The fourth-order valence-corrected chi connectivity index (χ4v) is 4.59. The Balaban J connectivity index is 1.67. The first kappa shape index (κ1) is 24.3. The van der Waals surface area contributed by atoms with Gasteiger partial charge in [0.1, 0.15) is 5.76 Å². The summed E-state index contributed by atoms with van der Waals surface area (Å²) in [6, 6.07) is 13.7. The zero-order valence-corrected chi connectivity index (χ0v) is 20.3. The number of rotatable bonds is 7. The van der Waals surface area contributed by atoms with E-state index in [1.54, 1.807) is 29.2 Å². The molecule has 8 heteroatoms. The molecule has 2 aliphatic heterocycles. The number of carbonyl (C=O) groups excluding carboxylic acids is 2. The molecule has 2 saturated heterocycles. The molecule has 2 fully saturated rings. The molecule has 0 aromatic heterocycles. The Labute approximate surface area is 205 Å². The topological polar surface area (TPSA) is 73.3 Å². The van der Waals surface area contributed by atoms with Crippen molar-refractivity contribution in [3.63, 3.8) is 0 Å². The number of halogens is 1. The van der Waals surface area contributed by atoms with Crippen LogP contribution in [0.5, 0.6) is 0 Å². The first-order valence-corrected chi connectivity index (χ1v) is 11.9. The molecule has 7 nitrogen and oxygen atoms in total. The van der Waals surface area contributed by atoms with Crippen LogP contribution in [0.2, 0.25) is 5.02 Å². The van der Waals surface area contributed by atoms with Crippen LogP contribution in [0, 0.1) is 0 Å². The van der Waals surface area contributed by atoms with Gasteiger partial charge in [-0.15, -0.1) is 0 Å². The molecule has 1 N–H and O–H groups in total. The maximum atomic E-state index is 13.2. The second-order valence-electron chi connectivity index (χ2n) is 8.79. The highest BCUT2D eigenvalue weighted by Crippen LogP contribution is 2.40. The van der Waals surface area contributed by atoms with Crippen LogP contribution in [0.15, 0.2) is 54.1 Å². The maximum Gasteiger partial charge on any atom is 0.295 e. The average Bonchev–Trinajstić information content (AvgIpc) is 3.10. The van der Waals surface area contributed by atoms with E-state index in [0.717, 1.165) is 37.3 Å². The summed E-state index contributed by atoms with van der Waals surface area (Å²) < 4.78 is 5.41. The van der Waals surface area contributed by atoms with Gasteiger partial charge in [-0.3, -0.25) is 14.5 Å². The maximum absolute atomic E-state index is 13.2. The summed E-state index contributed by atoms with van der Waals surface area (Å²) >= 11 is 5.99. The molecule has 1 unspecified atom stereocenters. The number of aliphatic hydroxyl groups excluding tert-OH is 1. The number of carbonyl (C=O) groups is 2. The van der Waals surface area contributed by atoms with Crippen LogP contribution in [-0.4, -0.2) is 80.1 Å². The van der Waals surface area contributed by atoms with Crippen LogP contribution < -0.4 is 4.90 Å². The fraction of sp³-hybridized carbons (Fsp3) is 0.385. The summed E-state index contributed by atoms with van der Waals surface area (Å²) in [7, 11) is 3.90. The number of Topliss-reactive ketones (excluding diaryl/α,β-unsaturated/α-hetero) is 1. The zero-order valence-electron chi connectivity index (χ0n) is 19.5. The number of hydrogen-bond donors (Lipinski definition) is 1. The van der Waals surface area contributed by atoms with E-state index < -0.39 is 17.7 Å². The lowest BCUT2D eigenvalue weighted by Crippen LogP contribution is -2.38. The van der Waals surface area contributed by atoms with Crippen molar-refractivity contribution in [1.82, 2.24) is 9.80 Å². The van der Waals surface area contributed by atoms with Gasteiger partial charge in [0.05, 0.1) is 24.8 Å². The minimum atomic E-state index is -0.666. The number of ether oxygens (including phenoxy) is 1. The number of aliphatic hydroxyl groups is 1. The standard InChI is InChI=1S/C26H30ClN3O4/c1-28(2)21-10-6-18(7-11-21)23-22(24(31)19-4-8-20(27)9-5-19)25(32)26(33)30(23)13-3-12-29-14-16-34-17-15-29/h4-11,23,31H,3,12-17H2,1-2H3/b24-22+. The van der Waals surface area contributed by atoms with Crippen LogP contribution in [0.3, 0.4) is 0 Å². The molecule has 1 amide bonds. The number of hydrogen-bond acceptors (Lipinski definition) is 6. The highest BCUT2D eigenvalue weighted by atomic mass is 35.5. The van der Waals surface area contributed by atoms with Crippen molar-refractivity contribution >= 4 is 34.7 Å². The SMILES string of the molecule is CN(C)c1ccc(C2/C(=C(\O)c3ccc(Cl)cc3)C(=O)C(=O)N2CCCN2CCOCC2)cc1. The van der Waals surface area contributed by atoms with Gasteiger partial charge in [-0.1, -0.05) is 23.7 Å². The molecule has 34 heavy (non-hydrogen) atoms. The Morgan fingerprint density at radius 2 is 1.68 bits per heavy atom. The predicted molar refractivity (Wildman–Crippen MR) is 133 cm³/mol. The number of likely N-dealkylation sites (tertiary alicyclic amines) is 1. The van der Waals surface area contributed by atoms with Crippen LogP contribution >= 0.6 is 11.6 Å². The number of anilines is 1. The monoisotopic (exact) mass is 483 g/mol. The Morgan fingerprint density at radius 3 is 2.29 bits per heavy atom. The molecular weight excluding hydrogens is 454 g/mol. The van der Waals surface area contributed by atoms with Gasteiger partial charge in [-0.25, -0.2) is 0 Å². The molecule has 2 aliphatic rings. The minimum absolute atomic E-state index is 0.108. The Kier molecular flexibility index (Phi) is 7.56. The lowest BCUT2D eigenvalue weighted by Gasteiger charge is -2.29. The second-order valence-corrected chi connectivity index (χ2v) is 9.23. The second kappa shape index (κ2) is 10.6. The molecule has 2 aromatic carbocycles. The molecule has 2 heterocycles. The molecule has 1 atom stereocenters. The van der Waals surface area contributed by atoms with Crippen molar-refractivity contribution in [2.75, 3.05) is 58.4 Å². The van der Waals surface area contributed by atoms with Crippen molar-refractivity contribution in [2.45, 2.75) is 12.5 Å². The quantitative estimate of drug-likeness (QED) is 0.369. The van der Waals surface area contributed by atoms with Crippen molar-refractivity contribution in [3.05, 3.63) is 70.3 Å². The van der Waals surface area contributed by atoms with Crippen molar-refractivity contribution < 1.29 is 19.4 Å². The van der Waals surface area contributed by atoms with Gasteiger partial charge in [0, 0.05) is 56.5 Å². The zero-order chi connectivity index (χ0) is 24.2. The summed E-state index contributed by atoms with van der Waals surface area (Å²) in [5.41, 5.74) is 2.35. The number of benzene rings is 2. The van der Waals surface area contributed by atoms with Crippen molar-refractivity contribution in [1.29, 1.82) is 0 Å². The van der Waals surface area contributed by atoms with Crippen molar-refractivity contribution in [3.8, 4) is 0 Å². The summed E-state index contributed by atoms with van der Waals surface area (Å²) in [6.45, 7) is 4.39. The highest BCUT2D eigenvalue weighted by molar-refractivity contribution is 6.46. The summed E-state index contributed by atoms with van der Waals surface area (Å²) in [5.74, 6) is -1.44. The third kappa shape index (κ3) is 5.12. The number of amides is 1. The first-order chi connectivity index (χ1) is 16.4. The summed E-state index contributed by atoms with van der Waals surface area (Å²) in [4.78, 5) is 32.1. The predicted octanol–water partition coefficient (Wildman–Crippen LogP) is 3.55. The van der Waals surface area contributed by atoms with Gasteiger partial charge in [-0.05, 0) is 48.4 Å². The minimum Gasteiger partial charge on any atom is -0.507 e. The van der Waals surface area contributed by atoms with Crippen LogP contribution in [0.25, 0.3) is 5.76 Å². The Hall–Kier alpha value is -2.87. The summed E-state index contributed by atoms with van der Waals surface area (Å²) in [5, 5.41) is 11.7. The first-order valence-electron chi connectivity index (χ1n) is 11.5. The van der Waals surface area contributed by atoms with E-state index in [9.17, 15) is 14.7 Å². The molecule has 2 aromatic rings. The van der Waals surface area contributed by atoms with E-state index in [4.69, 9.17) is 16.3 Å². The van der Waals surface area contributed by atoms with E-state index in [1.165, 1.54) is 0 Å². The number of ketones is 1. The molecule has 180 valence electrons. The van der Waals surface area contributed by atoms with E-state index in [1.807, 2.05) is 43.3 Å². The highest BCUT2D eigenvalue weighted by Gasteiger charge is 2.45. The van der Waals surface area contributed by atoms with Gasteiger partial charge < -0.3 is 19.6 Å². The Morgan fingerprint density at radius 1 is 1.03 bits per heavy atom. The third-order valence-corrected chi connectivity index (χ3v) is 6.61. The van der Waals surface area contributed by atoms with Gasteiger partial charge in [-0.2, -0.15) is 0 Å². The van der Waals surface area contributed by atoms with E-state index in [0.29, 0.717) is 30.3 Å². The smallest absolute Gasteiger partial charge is 0.295 e. The normalized spacial score (nSPS) is 20.7. The van der Waals surface area contributed by atoms with Gasteiger partial charge >= 0.3 is 0 Å². The third-order valence-electron chi connectivity index (χ3n) is 6.36. The Bertz CT molecular complexity index is 1060. The van der Waals surface area contributed by atoms with Gasteiger partial charge in [0.25, 0.3) is 11.7 Å². The van der Waals surface area contributed by atoms with Crippen LogP contribution in [-0.2, 0) is 14.3 Å². The molecule has 0 bridgehead atoms. The van der Waals surface area contributed by atoms with Crippen molar-refractivity contribution in [2.24, 2.45) is 0 Å². The van der Waals surface area contributed by atoms with Crippen LogP contribution in [0.1, 0.15) is 23.6 Å². The molecular formula is C26H30ClN3O4. The van der Waals surface area contributed by atoms with E-state index in [2.05, 4.69) is 4.90 Å². The van der Waals surface area contributed by atoms with Crippen LogP contribution in [0.4, 0.5) is 5.69 Å². The van der Waals surface area contributed by atoms with E-state index in [-0.39, 0.29) is 11.3 Å². The summed E-state index contributed by atoms with van der Waals surface area (Å²) in [6.07, 6.45) is 0.723. The lowest BCUT2D eigenvalue weighted by molar-refractivity contribution is -0.140. The van der Waals surface area contributed by atoms with Gasteiger partial charge in [0.15, 0.2) is 0 Å². The molecule has 0 saturated carbocycles.